The van der Waals surface area contributed by atoms with Crippen molar-refractivity contribution in [1.29, 1.82) is 0 Å². The number of carboxylic acid groups (broad SMARTS) is 1. The minimum Gasteiger partial charge on any atom is -0.480 e. The number of aliphatic carboxylic acids is 1. The zero-order chi connectivity index (χ0) is 29.8. The van der Waals surface area contributed by atoms with Gasteiger partial charge in [-0.05, 0) is 12.0 Å². The van der Waals surface area contributed by atoms with Crippen LogP contribution < -0.4 is 27.4 Å². The predicted octanol–water partition coefficient (Wildman–Crippen LogP) is -1.71. The van der Waals surface area contributed by atoms with Crippen LogP contribution >= 0.6 is 0 Å². The topological polar surface area (TPSA) is 251 Å². The Morgan fingerprint density at radius 1 is 0.780 bits per heavy atom. The van der Waals surface area contributed by atoms with Crippen molar-refractivity contribution >= 4 is 29.6 Å². The van der Waals surface area contributed by atoms with E-state index in [1.54, 1.807) is 30.3 Å². The van der Waals surface area contributed by atoms with E-state index in [1.807, 2.05) is 0 Å². The van der Waals surface area contributed by atoms with E-state index >= 15 is 0 Å². The monoisotopic (exact) mass is 567 g/mol. The van der Waals surface area contributed by atoms with Crippen LogP contribution in [0.1, 0.15) is 29.8 Å². The van der Waals surface area contributed by atoms with E-state index in [0.717, 1.165) is 0 Å². The van der Waals surface area contributed by atoms with Crippen LogP contribution in [-0.4, -0.2) is 78.8 Å². The van der Waals surface area contributed by atoms with Crippen molar-refractivity contribution in [2.45, 2.75) is 56.3 Å². The Kier molecular flexibility index (Phi) is 11.1. The van der Waals surface area contributed by atoms with E-state index in [0.29, 0.717) is 17.0 Å². The van der Waals surface area contributed by atoms with Crippen molar-refractivity contribution in [3.05, 3.63) is 72.3 Å². The first-order valence-electron chi connectivity index (χ1n) is 12.8. The van der Waals surface area contributed by atoms with Gasteiger partial charge in [0, 0.05) is 49.5 Å². The molecule has 10 N–H and O–H groups in total. The third-order valence-electron chi connectivity index (χ3n) is 6.15. The van der Waals surface area contributed by atoms with Gasteiger partial charge in [-0.3, -0.25) is 19.2 Å². The van der Waals surface area contributed by atoms with Crippen LogP contribution in [0, 0.1) is 0 Å². The lowest BCUT2D eigenvalue weighted by atomic mass is 10.0. The van der Waals surface area contributed by atoms with Gasteiger partial charge >= 0.3 is 5.97 Å². The molecule has 0 spiro atoms. The van der Waals surface area contributed by atoms with Crippen LogP contribution in [0.4, 0.5) is 0 Å². The summed E-state index contributed by atoms with van der Waals surface area (Å²) in [7, 11) is 0. The van der Waals surface area contributed by atoms with Crippen molar-refractivity contribution in [3.8, 4) is 0 Å². The summed E-state index contributed by atoms with van der Waals surface area (Å²) < 4.78 is 0. The number of nitrogens with one attached hydrogen (secondary N) is 5. The van der Waals surface area contributed by atoms with E-state index in [4.69, 9.17) is 11.5 Å². The number of carbonyl (C=O) groups excluding carboxylic acids is 4. The molecule has 0 fully saturated rings. The summed E-state index contributed by atoms with van der Waals surface area (Å²) in [5.41, 5.74) is 13.0. The Morgan fingerprint density at radius 2 is 1.34 bits per heavy atom. The summed E-state index contributed by atoms with van der Waals surface area (Å²) in [5, 5.41) is 17.3. The molecule has 0 aliphatic heterocycles. The number of primary amides is 1. The number of amides is 4. The van der Waals surface area contributed by atoms with Crippen LogP contribution in [0.2, 0.25) is 0 Å². The lowest BCUT2D eigenvalue weighted by molar-refractivity contribution is -0.142. The van der Waals surface area contributed by atoms with E-state index in [2.05, 4.69) is 35.9 Å². The number of nitrogens with two attached hydrogens (primary N) is 2. The van der Waals surface area contributed by atoms with Crippen LogP contribution in [-0.2, 0) is 43.2 Å². The molecule has 0 radical (unpaired) electrons. The molecule has 2 heterocycles. The quantitative estimate of drug-likeness (QED) is 0.0979. The number of aromatic amines is 2. The molecule has 15 nitrogen and oxygen atoms in total. The van der Waals surface area contributed by atoms with Crippen molar-refractivity contribution in [1.82, 2.24) is 35.9 Å². The van der Waals surface area contributed by atoms with Gasteiger partial charge in [-0.15, -0.1) is 0 Å². The normalized spacial score (nSPS) is 13.8. The third kappa shape index (κ3) is 9.89. The maximum absolute atomic E-state index is 13.4. The molecule has 4 unspecified atom stereocenters. The van der Waals surface area contributed by atoms with Gasteiger partial charge in [0.25, 0.3) is 0 Å². The maximum atomic E-state index is 13.4. The van der Waals surface area contributed by atoms with Crippen LogP contribution in [0.3, 0.4) is 0 Å². The summed E-state index contributed by atoms with van der Waals surface area (Å²) in [6.07, 6.45) is 5.45. The molecule has 0 aliphatic carbocycles. The van der Waals surface area contributed by atoms with Gasteiger partial charge in [-0.2, -0.15) is 0 Å². The largest absolute Gasteiger partial charge is 0.480 e. The molecule has 3 aromatic rings. The zero-order valence-electron chi connectivity index (χ0n) is 22.1. The SMILES string of the molecule is NC(=O)CCC(NC(=O)C(N)Cc1cnc[nH]1)C(=O)NC(Cc1ccccc1)C(=O)NC(Cc1cnc[nH]1)C(=O)O. The molecular weight excluding hydrogens is 534 g/mol. The van der Waals surface area contributed by atoms with E-state index in [1.165, 1.54) is 25.0 Å². The van der Waals surface area contributed by atoms with Crippen LogP contribution in [0.15, 0.2) is 55.4 Å². The molecule has 2 aromatic heterocycles. The number of aromatic nitrogens is 4. The minimum atomic E-state index is -1.32. The molecule has 218 valence electrons. The van der Waals surface area contributed by atoms with Crippen LogP contribution in [0.25, 0.3) is 0 Å². The van der Waals surface area contributed by atoms with Gasteiger partial charge in [0.15, 0.2) is 0 Å². The number of H-pyrrole nitrogens is 2. The number of rotatable bonds is 16. The second kappa shape index (κ2) is 14.9. The fourth-order valence-electron chi connectivity index (χ4n) is 3.98. The Bertz CT molecular complexity index is 1300. The highest BCUT2D eigenvalue weighted by molar-refractivity contribution is 5.94. The number of hydrogen-bond donors (Lipinski definition) is 8. The fraction of sp³-hybridized carbons (Fsp3) is 0.346. The van der Waals surface area contributed by atoms with Gasteiger partial charge < -0.3 is 42.5 Å². The van der Waals surface area contributed by atoms with E-state index in [9.17, 15) is 29.1 Å². The molecule has 0 bridgehead atoms. The lowest BCUT2D eigenvalue weighted by Crippen LogP contribution is -2.58. The Hall–Kier alpha value is -5.05. The molecule has 3 rings (SSSR count). The average molecular weight is 568 g/mol. The summed E-state index contributed by atoms with van der Waals surface area (Å²) >= 11 is 0. The molecule has 4 amide bonds. The Morgan fingerprint density at radius 3 is 1.90 bits per heavy atom. The van der Waals surface area contributed by atoms with E-state index < -0.39 is 53.8 Å². The first-order valence-corrected chi connectivity index (χ1v) is 12.8. The maximum Gasteiger partial charge on any atom is 0.326 e. The van der Waals surface area contributed by atoms with Gasteiger partial charge in [0.2, 0.25) is 23.6 Å². The standard InChI is InChI=1S/C26H33N9O6/c27-18(9-16-11-29-13-31-16)23(37)33-19(6-7-22(28)36)24(38)34-20(8-15-4-2-1-3-5-15)25(39)35-21(26(40)41)10-17-12-30-14-32-17/h1-5,11-14,18-21H,6-10,27H2,(H2,28,36)(H,29,31)(H,30,32)(H,33,37)(H,34,38)(H,35,39)(H,40,41). The second-order valence-electron chi connectivity index (χ2n) is 9.38. The predicted molar refractivity (Wildman–Crippen MR) is 145 cm³/mol. The Balaban J connectivity index is 1.76. The molecule has 4 atom stereocenters. The highest BCUT2D eigenvalue weighted by Gasteiger charge is 2.31. The zero-order valence-corrected chi connectivity index (χ0v) is 22.1. The van der Waals surface area contributed by atoms with Crippen molar-refractivity contribution in [3.63, 3.8) is 0 Å². The number of hydrogen-bond acceptors (Lipinski definition) is 8. The lowest BCUT2D eigenvalue weighted by Gasteiger charge is -2.25. The van der Waals surface area contributed by atoms with Gasteiger partial charge in [-0.1, -0.05) is 30.3 Å². The third-order valence-corrected chi connectivity index (χ3v) is 6.15. The molecule has 41 heavy (non-hydrogen) atoms. The number of carbonyl (C=O) groups is 5. The molecular formula is C26H33N9O6. The molecule has 0 saturated heterocycles. The van der Waals surface area contributed by atoms with Crippen molar-refractivity contribution in [2.24, 2.45) is 11.5 Å². The Labute approximate surface area is 234 Å². The van der Waals surface area contributed by atoms with Gasteiger partial charge in [0.1, 0.15) is 18.1 Å². The van der Waals surface area contributed by atoms with E-state index in [-0.39, 0.29) is 32.1 Å². The number of nitrogens with zero attached hydrogens (tertiary/aromatic N) is 2. The fourth-order valence-corrected chi connectivity index (χ4v) is 3.98. The average Bonchev–Trinajstić information content (AvgIpc) is 3.65. The molecule has 1 aromatic carbocycles. The summed E-state index contributed by atoms with van der Waals surface area (Å²) in [5.74, 6) is -4.18. The minimum absolute atomic E-state index is 0.0185. The first kappa shape index (κ1) is 30.5. The highest BCUT2D eigenvalue weighted by atomic mass is 16.4. The summed E-state index contributed by atoms with van der Waals surface area (Å²) in [6.45, 7) is 0. The van der Waals surface area contributed by atoms with Crippen molar-refractivity contribution < 1.29 is 29.1 Å². The summed E-state index contributed by atoms with van der Waals surface area (Å²) in [4.78, 5) is 76.2. The smallest absolute Gasteiger partial charge is 0.326 e. The van der Waals surface area contributed by atoms with Crippen molar-refractivity contribution in [2.75, 3.05) is 0 Å². The molecule has 15 heteroatoms. The number of imidazole rings is 2. The number of benzene rings is 1. The number of carboxylic acids is 1. The molecule has 0 saturated carbocycles. The van der Waals surface area contributed by atoms with Gasteiger partial charge in [-0.25, -0.2) is 14.8 Å². The first-order chi connectivity index (χ1) is 19.6. The second-order valence-corrected chi connectivity index (χ2v) is 9.38. The van der Waals surface area contributed by atoms with Crippen LogP contribution in [0.5, 0.6) is 0 Å². The summed E-state index contributed by atoms with van der Waals surface area (Å²) in [6, 6.07) is 3.94. The van der Waals surface area contributed by atoms with Gasteiger partial charge in [0.05, 0.1) is 18.7 Å². The molecule has 0 aliphatic rings. The highest BCUT2D eigenvalue weighted by Crippen LogP contribution is 2.08.